The third-order valence-corrected chi connectivity index (χ3v) is 4.40. The summed E-state index contributed by atoms with van der Waals surface area (Å²) in [5.74, 6) is -0.684. The van der Waals surface area contributed by atoms with Crippen molar-refractivity contribution in [2.24, 2.45) is 0 Å². The summed E-state index contributed by atoms with van der Waals surface area (Å²) in [5, 5.41) is 18.6. The number of carbonyl (C=O) groups is 1. The van der Waals surface area contributed by atoms with Gasteiger partial charge in [-0.05, 0) is 20.8 Å². The van der Waals surface area contributed by atoms with Crippen LogP contribution < -0.4 is 4.72 Å². The monoisotopic (exact) mass is 321 g/mol. The van der Waals surface area contributed by atoms with Crippen molar-refractivity contribution in [3.05, 3.63) is 17.1 Å². The van der Waals surface area contributed by atoms with Gasteiger partial charge in [0.05, 0.1) is 19.3 Å². The number of carbonyl (C=O) groups excluding carboxylic acids is 1. The Hall–Kier alpha value is -1.42. The Balaban J connectivity index is 3.23. The Kier molecular flexibility index (Phi) is 5.16. The van der Waals surface area contributed by atoms with Crippen LogP contribution in [0.4, 0.5) is 0 Å². The number of esters is 1. The molecule has 0 bridgehead atoms. The molecule has 0 saturated heterocycles. The molecule has 9 heteroatoms. The maximum absolute atomic E-state index is 12.3. The smallest absolute Gasteiger partial charge is 0.342 e. The van der Waals surface area contributed by atoms with Gasteiger partial charge in [-0.15, -0.1) is 0 Å². The van der Waals surface area contributed by atoms with Crippen molar-refractivity contribution in [1.82, 2.24) is 4.72 Å². The van der Waals surface area contributed by atoms with E-state index >= 15 is 0 Å². The number of rotatable bonds is 6. The third kappa shape index (κ3) is 3.82. The first-order valence-electron chi connectivity index (χ1n) is 6.07. The molecule has 0 aliphatic carbocycles. The summed E-state index contributed by atoms with van der Waals surface area (Å²) in [6, 6.07) is 0. The van der Waals surface area contributed by atoms with Crippen LogP contribution in [-0.2, 0) is 14.8 Å². The summed E-state index contributed by atoms with van der Waals surface area (Å²) in [5.41, 5.74) is -1.81. The summed E-state index contributed by atoms with van der Waals surface area (Å²) < 4.78 is 36.5. The normalized spacial score (nSPS) is 14.8. The van der Waals surface area contributed by atoms with Gasteiger partial charge in [0, 0.05) is 6.54 Å². The minimum absolute atomic E-state index is 0.0315. The zero-order chi connectivity index (χ0) is 16.4. The number of aliphatic hydroxyl groups excluding tert-OH is 1. The first kappa shape index (κ1) is 17.6. The molecule has 8 nitrogen and oxygen atoms in total. The van der Waals surface area contributed by atoms with Crippen LogP contribution >= 0.6 is 0 Å². The maximum atomic E-state index is 12.3. The van der Waals surface area contributed by atoms with Gasteiger partial charge in [0.2, 0.25) is 10.0 Å². The quantitative estimate of drug-likeness (QED) is 0.614. The lowest BCUT2D eigenvalue weighted by molar-refractivity contribution is 0.00680. The van der Waals surface area contributed by atoms with Crippen LogP contribution in [0.5, 0.6) is 0 Å². The van der Waals surface area contributed by atoms with E-state index in [1.54, 1.807) is 0 Å². The number of ether oxygens (including phenoxy) is 1. The van der Waals surface area contributed by atoms with Gasteiger partial charge in [0.25, 0.3) is 0 Å². The van der Waals surface area contributed by atoms with E-state index < -0.39 is 34.7 Å². The summed E-state index contributed by atoms with van der Waals surface area (Å²) in [6.45, 7) is 3.07. The first-order chi connectivity index (χ1) is 9.55. The molecule has 1 rings (SSSR count). The highest BCUT2D eigenvalue weighted by Gasteiger charge is 2.33. The zero-order valence-corrected chi connectivity index (χ0v) is 13.1. The van der Waals surface area contributed by atoms with Crippen LogP contribution in [0.3, 0.4) is 0 Å². The number of hydrogen-bond donors (Lipinski definition) is 3. The van der Waals surface area contributed by atoms with Gasteiger partial charge in [-0.3, -0.25) is 0 Å². The molecule has 21 heavy (non-hydrogen) atoms. The van der Waals surface area contributed by atoms with Crippen molar-refractivity contribution < 1.29 is 32.6 Å². The Morgan fingerprint density at radius 3 is 2.43 bits per heavy atom. The average Bonchev–Trinajstić information content (AvgIpc) is 2.71. The second kappa shape index (κ2) is 6.14. The Bertz CT molecular complexity index is 630. The lowest BCUT2D eigenvalue weighted by Gasteiger charge is -2.20. The molecular formula is C12H19NO7S. The van der Waals surface area contributed by atoms with Crippen molar-refractivity contribution in [2.45, 2.75) is 31.3 Å². The molecule has 1 aromatic rings. The fraction of sp³-hybridized carbons (Fsp3) is 0.583. The van der Waals surface area contributed by atoms with Gasteiger partial charge >= 0.3 is 5.97 Å². The van der Waals surface area contributed by atoms with Crippen molar-refractivity contribution in [3.63, 3.8) is 0 Å². The lowest BCUT2D eigenvalue weighted by atomic mass is 10.1. The second-order valence-electron chi connectivity index (χ2n) is 4.89. The number of furan rings is 1. The molecule has 0 radical (unpaired) electrons. The number of aryl methyl sites for hydroxylation is 2. The van der Waals surface area contributed by atoms with E-state index in [1.165, 1.54) is 20.8 Å². The fourth-order valence-electron chi connectivity index (χ4n) is 1.70. The molecule has 0 amide bonds. The molecule has 1 atom stereocenters. The van der Waals surface area contributed by atoms with Gasteiger partial charge in [-0.1, -0.05) is 0 Å². The van der Waals surface area contributed by atoms with Crippen molar-refractivity contribution in [3.8, 4) is 0 Å². The standard InChI is InChI=1S/C12H19NO7S/c1-7-9(11(15)19-4)10(8(2)20-7)21(17,18)13-5-12(3,16)6-14/h13-14,16H,5-6H2,1-4H3. The number of hydrogen-bond acceptors (Lipinski definition) is 7. The highest BCUT2D eigenvalue weighted by atomic mass is 32.2. The van der Waals surface area contributed by atoms with Crippen molar-refractivity contribution in [2.75, 3.05) is 20.3 Å². The molecule has 0 spiro atoms. The van der Waals surface area contributed by atoms with Crippen LogP contribution in [0.25, 0.3) is 0 Å². The molecule has 0 fully saturated rings. The van der Waals surface area contributed by atoms with Crippen molar-refractivity contribution in [1.29, 1.82) is 0 Å². The topological polar surface area (TPSA) is 126 Å². The predicted octanol–water partition coefficient (Wildman–Crippen LogP) is -0.295. The second-order valence-corrected chi connectivity index (χ2v) is 6.59. The van der Waals surface area contributed by atoms with E-state index in [1.807, 2.05) is 0 Å². The summed E-state index contributed by atoms with van der Waals surface area (Å²) in [7, 11) is -2.99. The van der Waals surface area contributed by atoms with E-state index in [0.717, 1.165) is 7.11 Å². The number of methoxy groups -OCH3 is 1. The SMILES string of the molecule is COC(=O)c1c(C)oc(C)c1S(=O)(=O)NCC(C)(O)CO. The van der Waals surface area contributed by atoms with Crippen LogP contribution in [0.1, 0.15) is 28.8 Å². The molecule has 0 aromatic carbocycles. The molecule has 0 aliphatic rings. The molecule has 1 unspecified atom stereocenters. The molecule has 3 N–H and O–H groups in total. The van der Waals surface area contributed by atoms with Gasteiger partial charge in [0.15, 0.2) is 0 Å². The van der Waals surface area contributed by atoms with E-state index in [4.69, 9.17) is 9.52 Å². The minimum Gasteiger partial charge on any atom is -0.465 e. The van der Waals surface area contributed by atoms with Gasteiger partial charge in [-0.2, -0.15) is 0 Å². The molecule has 1 aromatic heterocycles. The van der Waals surface area contributed by atoms with E-state index in [2.05, 4.69) is 9.46 Å². The molecule has 0 saturated carbocycles. The van der Waals surface area contributed by atoms with Crippen LogP contribution in [0.2, 0.25) is 0 Å². The summed E-state index contributed by atoms with van der Waals surface area (Å²) in [6.07, 6.45) is 0. The van der Waals surface area contributed by atoms with Crippen LogP contribution in [0.15, 0.2) is 9.31 Å². The van der Waals surface area contributed by atoms with Gasteiger partial charge < -0.3 is 19.4 Å². The minimum atomic E-state index is -4.11. The highest BCUT2D eigenvalue weighted by Crippen LogP contribution is 2.27. The van der Waals surface area contributed by atoms with E-state index in [9.17, 15) is 18.3 Å². The predicted molar refractivity (Wildman–Crippen MR) is 72.4 cm³/mol. The number of nitrogens with one attached hydrogen (secondary N) is 1. The Morgan fingerprint density at radius 1 is 1.38 bits per heavy atom. The number of aliphatic hydroxyl groups is 2. The van der Waals surface area contributed by atoms with Crippen LogP contribution in [-0.4, -0.2) is 50.5 Å². The summed E-state index contributed by atoms with van der Waals surface area (Å²) >= 11 is 0. The molecule has 120 valence electrons. The molecular weight excluding hydrogens is 302 g/mol. The first-order valence-corrected chi connectivity index (χ1v) is 7.55. The average molecular weight is 321 g/mol. The lowest BCUT2D eigenvalue weighted by Crippen LogP contribution is -2.43. The molecule has 0 aliphatic heterocycles. The fourth-order valence-corrected chi connectivity index (χ4v) is 3.26. The Morgan fingerprint density at radius 2 is 1.95 bits per heavy atom. The van der Waals surface area contributed by atoms with Crippen LogP contribution in [0, 0.1) is 13.8 Å². The maximum Gasteiger partial charge on any atom is 0.342 e. The highest BCUT2D eigenvalue weighted by molar-refractivity contribution is 7.89. The van der Waals surface area contributed by atoms with Crippen molar-refractivity contribution >= 4 is 16.0 Å². The van der Waals surface area contributed by atoms with Gasteiger partial charge in [0.1, 0.15) is 22.0 Å². The van der Waals surface area contributed by atoms with E-state index in [-0.39, 0.29) is 22.0 Å². The van der Waals surface area contributed by atoms with E-state index in [0.29, 0.717) is 0 Å². The third-order valence-electron chi connectivity index (χ3n) is 2.85. The largest absolute Gasteiger partial charge is 0.465 e. The van der Waals surface area contributed by atoms with Gasteiger partial charge in [-0.25, -0.2) is 17.9 Å². The molecule has 1 heterocycles. The Labute approximate surface area is 122 Å². The summed E-state index contributed by atoms with van der Waals surface area (Å²) in [4.78, 5) is 11.4. The zero-order valence-electron chi connectivity index (χ0n) is 12.3. The number of sulfonamides is 1.